The molecule has 7 heteroatoms. The molecule has 1 aromatic rings. The fourth-order valence-corrected chi connectivity index (χ4v) is 3.73. The molecule has 0 bridgehead atoms. The molecule has 136 valence electrons. The summed E-state index contributed by atoms with van der Waals surface area (Å²) in [5.41, 5.74) is 2.73. The second-order valence-corrected chi connectivity index (χ2v) is 7.73. The topological polar surface area (TPSA) is 79.0 Å². The highest BCUT2D eigenvalue weighted by Gasteiger charge is 2.35. The molecule has 0 saturated carbocycles. The fraction of sp³-hybridized carbons (Fsp3) is 0.765. The molecule has 1 fully saturated rings. The van der Waals surface area contributed by atoms with Gasteiger partial charge in [-0.25, -0.2) is 0 Å². The Morgan fingerprint density at radius 1 is 1.42 bits per heavy atom. The molecule has 1 aromatic heterocycles. The summed E-state index contributed by atoms with van der Waals surface area (Å²) in [6.45, 7) is 9.73. The molecule has 6 nitrogen and oxygen atoms in total. The maximum absolute atomic E-state index is 12.5. The third-order valence-corrected chi connectivity index (χ3v) is 4.84. The van der Waals surface area contributed by atoms with Crippen LogP contribution in [-0.4, -0.2) is 41.9 Å². The van der Waals surface area contributed by atoms with Crippen LogP contribution in [0.25, 0.3) is 0 Å². The van der Waals surface area contributed by atoms with E-state index in [-0.39, 0.29) is 29.8 Å². The number of hydrogen-bond acceptors (Lipinski definition) is 4. The van der Waals surface area contributed by atoms with Crippen molar-refractivity contribution in [2.24, 2.45) is 11.3 Å². The molecule has 0 aliphatic carbocycles. The van der Waals surface area contributed by atoms with E-state index in [1.54, 1.807) is 0 Å². The molecule has 1 saturated heterocycles. The van der Waals surface area contributed by atoms with Crippen molar-refractivity contribution in [1.82, 2.24) is 20.8 Å². The van der Waals surface area contributed by atoms with Crippen LogP contribution in [-0.2, 0) is 17.7 Å². The fourth-order valence-electron chi connectivity index (χ4n) is 3.73. The predicted molar refractivity (Wildman–Crippen MR) is 95.5 cm³/mol. The van der Waals surface area contributed by atoms with Gasteiger partial charge in [-0.3, -0.25) is 9.89 Å². The van der Waals surface area contributed by atoms with Crippen LogP contribution >= 0.6 is 12.4 Å². The number of fused-ring (bicyclic) bond motifs is 1. The van der Waals surface area contributed by atoms with Gasteiger partial charge >= 0.3 is 0 Å². The Kier molecular flexibility index (Phi) is 6.28. The quantitative estimate of drug-likeness (QED) is 0.774. The van der Waals surface area contributed by atoms with Gasteiger partial charge in [0.15, 0.2) is 5.69 Å². The van der Waals surface area contributed by atoms with Crippen molar-refractivity contribution in [3.05, 3.63) is 17.0 Å². The molecule has 2 unspecified atom stereocenters. The van der Waals surface area contributed by atoms with Crippen LogP contribution in [0.15, 0.2) is 0 Å². The second-order valence-electron chi connectivity index (χ2n) is 7.73. The highest BCUT2D eigenvalue weighted by Crippen LogP contribution is 2.33. The van der Waals surface area contributed by atoms with Crippen molar-refractivity contribution in [3.63, 3.8) is 0 Å². The standard InChI is InChI=1S/C17H28N4O2.ClH/c1-17(2,3)15-11(5-4-8-23-15)9-19-16(22)14-12-10-18-7-6-13(12)20-21-14;/h11,15,18H,4-10H2,1-3H3,(H,19,22)(H,20,21);1H. The molecule has 3 N–H and O–H groups in total. The molecule has 1 amide bonds. The second kappa shape index (κ2) is 7.85. The van der Waals surface area contributed by atoms with Gasteiger partial charge in [0.05, 0.1) is 6.10 Å². The minimum absolute atomic E-state index is 0. The average molecular weight is 357 g/mol. The minimum Gasteiger partial charge on any atom is -0.377 e. The van der Waals surface area contributed by atoms with E-state index >= 15 is 0 Å². The molecule has 2 atom stereocenters. The third kappa shape index (κ3) is 4.10. The summed E-state index contributed by atoms with van der Waals surface area (Å²) >= 11 is 0. The number of hydrogen-bond donors (Lipinski definition) is 3. The van der Waals surface area contributed by atoms with Gasteiger partial charge in [-0.2, -0.15) is 5.10 Å². The van der Waals surface area contributed by atoms with Gasteiger partial charge in [0.2, 0.25) is 0 Å². The third-order valence-electron chi connectivity index (χ3n) is 4.84. The number of amides is 1. The molecule has 24 heavy (non-hydrogen) atoms. The van der Waals surface area contributed by atoms with Crippen molar-refractivity contribution in [2.45, 2.75) is 52.7 Å². The number of aromatic amines is 1. The summed E-state index contributed by atoms with van der Waals surface area (Å²) in [4.78, 5) is 12.5. The lowest BCUT2D eigenvalue weighted by atomic mass is 9.78. The SMILES string of the molecule is CC(C)(C)C1OCCCC1CNC(=O)c1n[nH]c2c1CNCC2.Cl. The Morgan fingerprint density at radius 3 is 2.96 bits per heavy atom. The van der Waals surface area contributed by atoms with E-state index in [2.05, 4.69) is 41.6 Å². The van der Waals surface area contributed by atoms with E-state index in [0.717, 1.165) is 43.7 Å². The number of carbonyl (C=O) groups excluding carboxylic acids is 1. The van der Waals surface area contributed by atoms with Crippen LogP contribution < -0.4 is 10.6 Å². The smallest absolute Gasteiger partial charge is 0.272 e. The number of aromatic nitrogens is 2. The van der Waals surface area contributed by atoms with Crippen LogP contribution in [0.4, 0.5) is 0 Å². The number of nitrogens with zero attached hydrogens (tertiary/aromatic N) is 1. The van der Waals surface area contributed by atoms with E-state index in [0.29, 0.717) is 24.7 Å². The Hall–Kier alpha value is -1.11. The Balaban J connectivity index is 0.00000208. The molecule has 2 aliphatic rings. The number of ether oxygens (including phenoxy) is 1. The van der Waals surface area contributed by atoms with Crippen molar-refractivity contribution in [3.8, 4) is 0 Å². The molecule has 2 aliphatic heterocycles. The normalized spacial score (nSPS) is 24.0. The lowest BCUT2D eigenvalue weighted by molar-refractivity contribution is -0.0839. The molecule has 3 rings (SSSR count). The van der Waals surface area contributed by atoms with Crippen LogP contribution in [0.2, 0.25) is 0 Å². The van der Waals surface area contributed by atoms with E-state index in [1.165, 1.54) is 0 Å². The number of halogens is 1. The van der Waals surface area contributed by atoms with Crippen molar-refractivity contribution >= 4 is 18.3 Å². The monoisotopic (exact) mass is 356 g/mol. The van der Waals surface area contributed by atoms with Crippen LogP contribution in [0.1, 0.15) is 55.4 Å². The van der Waals surface area contributed by atoms with Crippen molar-refractivity contribution in [1.29, 1.82) is 0 Å². The number of H-pyrrole nitrogens is 1. The van der Waals surface area contributed by atoms with E-state index < -0.39 is 0 Å². The first-order valence-electron chi connectivity index (χ1n) is 8.63. The van der Waals surface area contributed by atoms with Crippen molar-refractivity contribution in [2.75, 3.05) is 19.7 Å². The molecule has 0 radical (unpaired) electrons. The minimum atomic E-state index is -0.0792. The van der Waals surface area contributed by atoms with Gasteiger partial charge in [0, 0.05) is 49.8 Å². The van der Waals surface area contributed by atoms with Gasteiger partial charge in [-0.15, -0.1) is 12.4 Å². The number of carbonyl (C=O) groups is 1. The predicted octanol–water partition coefficient (Wildman–Crippen LogP) is 2.05. The zero-order chi connectivity index (χ0) is 16.4. The summed E-state index contributed by atoms with van der Waals surface area (Å²) in [7, 11) is 0. The van der Waals surface area contributed by atoms with Gasteiger partial charge < -0.3 is 15.4 Å². The Bertz CT molecular complexity index is 567. The first kappa shape index (κ1) is 19.2. The molecular formula is C17H29ClN4O2. The molecular weight excluding hydrogens is 328 g/mol. The average Bonchev–Trinajstić information content (AvgIpc) is 2.96. The maximum Gasteiger partial charge on any atom is 0.272 e. The highest BCUT2D eigenvalue weighted by molar-refractivity contribution is 5.94. The lowest BCUT2D eigenvalue weighted by Crippen LogP contribution is -2.45. The lowest BCUT2D eigenvalue weighted by Gasteiger charge is -2.40. The largest absolute Gasteiger partial charge is 0.377 e. The summed E-state index contributed by atoms with van der Waals surface area (Å²) in [5, 5.41) is 13.6. The van der Waals surface area contributed by atoms with Crippen LogP contribution in [0.3, 0.4) is 0 Å². The van der Waals surface area contributed by atoms with Crippen molar-refractivity contribution < 1.29 is 9.53 Å². The van der Waals surface area contributed by atoms with Gasteiger partial charge in [0.1, 0.15) is 0 Å². The van der Waals surface area contributed by atoms with Gasteiger partial charge in [-0.05, 0) is 18.3 Å². The van der Waals surface area contributed by atoms with E-state index in [9.17, 15) is 4.79 Å². The van der Waals surface area contributed by atoms with E-state index in [4.69, 9.17) is 4.74 Å². The Labute approximate surface area is 149 Å². The summed E-state index contributed by atoms with van der Waals surface area (Å²) in [5.74, 6) is 0.282. The number of nitrogens with one attached hydrogen (secondary N) is 3. The Morgan fingerprint density at radius 2 is 2.21 bits per heavy atom. The molecule has 0 aromatic carbocycles. The van der Waals surface area contributed by atoms with E-state index in [1.807, 2.05) is 0 Å². The maximum atomic E-state index is 12.5. The number of rotatable bonds is 3. The summed E-state index contributed by atoms with van der Waals surface area (Å²) in [6.07, 6.45) is 3.25. The van der Waals surface area contributed by atoms with Gasteiger partial charge in [-0.1, -0.05) is 20.8 Å². The first-order chi connectivity index (χ1) is 11.0. The zero-order valence-electron chi connectivity index (χ0n) is 14.8. The molecule has 0 spiro atoms. The van der Waals surface area contributed by atoms with Crippen LogP contribution in [0, 0.1) is 11.3 Å². The molecule has 3 heterocycles. The highest BCUT2D eigenvalue weighted by atomic mass is 35.5. The summed E-state index contributed by atoms with van der Waals surface area (Å²) < 4.78 is 5.99. The first-order valence-corrected chi connectivity index (χ1v) is 8.63. The summed E-state index contributed by atoms with van der Waals surface area (Å²) in [6, 6.07) is 0. The zero-order valence-corrected chi connectivity index (χ0v) is 15.6. The van der Waals surface area contributed by atoms with Crippen LogP contribution in [0.5, 0.6) is 0 Å². The van der Waals surface area contributed by atoms with Gasteiger partial charge in [0.25, 0.3) is 5.91 Å².